The third-order valence-corrected chi connectivity index (χ3v) is 5.07. The minimum Gasteiger partial charge on any atom is -0.476 e. The number of nitrogens with two attached hydrogens (primary N) is 2. The Bertz CT molecular complexity index is 963. The zero-order chi connectivity index (χ0) is 20.2. The van der Waals surface area contributed by atoms with Gasteiger partial charge in [0, 0.05) is 0 Å². The number of aromatic carboxylic acids is 1. The second-order valence-corrected chi connectivity index (χ2v) is 7.43. The highest BCUT2D eigenvalue weighted by Crippen LogP contribution is 2.24. The second-order valence-electron chi connectivity index (χ2n) is 4.90. The number of carboxylic acids is 1. The van der Waals surface area contributed by atoms with Gasteiger partial charge in [-0.25, -0.2) is 27.6 Å². The maximum absolute atomic E-state index is 14.1. The van der Waals surface area contributed by atoms with Crippen molar-refractivity contribution in [1.82, 2.24) is 15.3 Å². The van der Waals surface area contributed by atoms with Crippen molar-refractivity contribution in [3.05, 3.63) is 29.3 Å². The smallest absolute Gasteiger partial charge is 0.357 e. The Morgan fingerprint density at radius 2 is 2.04 bits per heavy atom. The average Bonchev–Trinajstić information content (AvgIpc) is 3.02. The van der Waals surface area contributed by atoms with Crippen LogP contribution >= 0.6 is 11.3 Å². The predicted octanol–water partition coefficient (Wildman–Crippen LogP) is -1.09. The summed E-state index contributed by atoms with van der Waals surface area (Å²) in [5.74, 6) is -3.75. The summed E-state index contributed by atoms with van der Waals surface area (Å²) in [4.78, 5) is 29.1. The summed E-state index contributed by atoms with van der Waals surface area (Å²) in [7, 11) is -4.33. The number of carbonyl (C=O) groups is 2. The van der Waals surface area contributed by atoms with Gasteiger partial charge in [0.25, 0.3) is 10.0 Å². The number of nitrogens with one attached hydrogen (secondary N) is 3. The molecule has 0 radical (unpaired) electrons. The highest BCUT2D eigenvalue weighted by Gasteiger charge is 2.23. The predicted molar refractivity (Wildman–Crippen MR) is 92.9 cm³/mol. The standard InChI is InChI=1S/C12H14FN7O5S2/c13-6-1-5(2-16-9(6)19-7(21)3-17-12(14)15)27(24,25)20-10-8(11(22)23)18-4-26-10/h1-2,4,12,17,20H,3,14-15H2,(H,22,23)(H,16,19,21). The minimum atomic E-state index is -4.33. The molecule has 0 aliphatic heterocycles. The van der Waals surface area contributed by atoms with Crippen LogP contribution in [0.15, 0.2) is 22.7 Å². The molecule has 12 nitrogen and oxygen atoms in total. The zero-order valence-electron chi connectivity index (χ0n) is 13.3. The first-order chi connectivity index (χ1) is 12.6. The number of rotatable bonds is 8. The number of hydrogen-bond acceptors (Lipinski definition) is 10. The largest absolute Gasteiger partial charge is 0.476 e. The van der Waals surface area contributed by atoms with Gasteiger partial charge in [-0.05, 0) is 6.07 Å². The Balaban J connectivity index is 2.17. The van der Waals surface area contributed by atoms with Crippen molar-refractivity contribution < 1.29 is 27.5 Å². The molecule has 0 atom stereocenters. The molecule has 0 unspecified atom stereocenters. The van der Waals surface area contributed by atoms with Crippen molar-refractivity contribution in [2.45, 2.75) is 11.2 Å². The molecule has 0 spiro atoms. The lowest BCUT2D eigenvalue weighted by molar-refractivity contribution is -0.115. The fraction of sp³-hybridized carbons (Fsp3) is 0.167. The topological polar surface area (TPSA) is 202 Å². The summed E-state index contributed by atoms with van der Waals surface area (Å²) in [6.45, 7) is -0.316. The summed E-state index contributed by atoms with van der Waals surface area (Å²) in [6, 6.07) is 0.620. The van der Waals surface area contributed by atoms with E-state index in [1.54, 1.807) is 0 Å². The van der Waals surface area contributed by atoms with Crippen LogP contribution < -0.4 is 26.8 Å². The van der Waals surface area contributed by atoms with Gasteiger partial charge >= 0.3 is 5.97 Å². The normalized spacial score (nSPS) is 11.4. The van der Waals surface area contributed by atoms with Crippen molar-refractivity contribution in [3.63, 3.8) is 0 Å². The molecule has 8 N–H and O–H groups in total. The van der Waals surface area contributed by atoms with E-state index in [-0.39, 0.29) is 11.5 Å². The Labute approximate surface area is 155 Å². The molecule has 0 bridgehead atoms. The van der Waals surface area contributed by atoms with Crippen molar-refractivity contribution in [3.8, 4) is 0 Å². The lowest BCUT2D eigenvalue weighted by Gasteiger charge is -2.10. The molecule has 2 heterocycles. The number of thiazole rings is 1. The first-order valence-corrected chi connectivity index (χ1v) is 9.36. The molecule has 2 rings (SSSR count). The van der Waals surface area contributed by atoms with Gasteiger partial charge in [0.05, 0.1) is 18.3 Å². The molecule has 146 valence electrons. The van der Waals surface area contributed by atoms with Crippen LogP contribution in [0.1, 0.15) is 10.5 Å². The average molecular weight is 419 g/mol. The lowest BCUT2D eigenvalue weighted by Crippen LogP contribution is -2.48. The molecule has 2 aromatic rings. The summed E-state index contributed by atoms with van der Waals surface area (Å²) < 4.78 is 40.6. The summed E-state index contributed by atoms with van der Waals surface area (Å²) in [5, 5.41) is 13.2. The maximum atomic E-state index is 14.1. The number of nitrogens with zero attached hydrogens (tertiary/aromatic N) is 2. The molecule has 15 heteroatoms. The van der Waals surface area contributed by atoms with E-state index in [0.29, 0.717) is 6.07 Å². The van der Waals surface area contributed by atoms with Crippen molar-refractivity contribution in [2.24, 2.45) is 11.5 Å². The van der Waals surface area contributed by atoms with Crippen LogP contribution in [-0.4, -0.2) is 48.2 Å². The van der Waals surface area contributed by atoms with Gasteiger partial charge in [0.1, 0.15) is 16.2 Å². The Hall–Kier alpha value is -2.72. The van der Waals surface area contributed by atoms with E-state index in [0.717, 1.165) is 23.0 Å². The number of pyridine rings is 1. The highest BCUT2D eigenvalue weighted by atomic mass is 32.2. The van der Waals surface area contributed by atoms with Crippen LogP contribution in [-0.2, 0) is 14.8 Å². The van der Waals surface area contributed by atoms with Crippen LogP contribution in [0.25, 0.3) is 0 Å². The lowest BCUT2D eigenvalue weighted by atomic mass is 10.4. The van der Waals surface area contributed by atoms with E-state index >= 15 is 0 Å². The molecular formula is C12H14FN7O5S2. The van der Waals surface area contributed by atoms with E-state index in [1.807, 2.05) is 4.72 Å². The molecule has 0 saturated heterocycles. The van der Waals surface area contributed by atoms with E-state index in [4.69, 9.17) is 16.6 Å². The molecule has 2 aromatic heterocycles. The van der Waals surface area contributed by atoms with Crippen molar-refractivity contribution in [2.75, 3.05) is 16.6 Å². The van der Waals surface area contributed by atoms with Gasteiger partial charge < -0.3 is 21.9 Å². The van der Waals surface area contributed by atoms with Gasteiger partial charge in [-0.3, -0.25) is 14.8 Å². The van der Waals surface area contributed by atoms with Gasteiger partial charge in [0.2, 0.25) is 5.91 Å². The molecule has 0 aliphatic rings. The number of sulfonamides is 1. The van der Waals surface area contributed by atoms with Gasteiger partial charge in [-0.15, -0.1) is 11.3 Å². The Kier molecular flexibility index (Phi) is 6.34. The van der Waals surface area contributed by atoms with E-state index in [2.05, 4.69) is 20.6 Å². The van der Waals surface area contributed by atoms with Crippen molar-refractivity contribution >= 4 is 44.1 Å². The molecule has 0 fully saturated rings. The first kappa shape index (κ1) is 20.6. The summed E-state index contributed by atoms with van der Waals surface area (Å²) in [6.07, 6.45) is -0.153. The van der Waals surface area contributed by atoms with E-state index in [1.165, 1.54) is 0 Å². The van der Waals surface area contributed by atoms with Gasteiger partial charge in [-0.2, -0.15) is 0 Å². The highest BCUT2D eigenvalue weighted by molar-refractivity contribution is 7.93. The van der Waals surface area contributed by atoms with Crippen LogP contribution in [0, 0.1) is 5.82 Å². The van der Waals surface area contributed by atoms with E-state index in [9.17, 15) is 22.4 Å². The number of carboxylic acid groups (broad SMARTS) is 1. The monoisotopic (exact) mass is 419 g/mol. The Morgan fingerprint density at radius 3 is 2.63 bits per heavy atom. The number of aromatic nitrogens is 2. The fourth-order valence-electron chi connectivity index (χ4n) is 1.70. The summed E-state index contributed by atoms with van der Waals surface area (Å²) in [5.41, 5.74) is 11.0. The fourth-order valence-corrected chi connectivity index (χ4v) is 3.64. The van der Waals surface area contributed by atoms with Crippen LogP contribution in [0.4, 0.5) is 15.2 Å². The number of carbonyl (C=O) groups excluding carboxylic acids is 1. The van der Waals surface area contributed by atoms with Crippen molar-refractivity contribution in [1.29, 1.82) is 0 Å². The third kappa shape index (κ3) is 5.38. The minimum absolute atomic E-state index is 0.246. The summed E-state index contributed by atoms with van der Waals surface area (Å²) >= 11 is 0.742. The molecule has 0 aliphatic carbocycles. The van der Waals surface area contributed by atoms with Crippen LogP contribution in [0.5, 0.6) is 0 Å². The second kappa shape index (κ2) is 8.31. The first-order valence-electron chi connectivity index (χ1n) is 6.99. The molecule has 0 aromatic carbocycles. The van der Waals surface area contributed by atoms with E-state index < -0.39 is 50.4 Å². The quantitative estimate of drug-likeness (QED) is 0.285. The SMILES string of the molecule is NC(N)NCC(=O)Nc1ncc(S(=O)(=O)Nc2scnc2C(=O)O)cc1F. The maximum Gasteiger partial charge on any atom is 0.357 e. The molecule has 27 heavy (non-hydrogen) atoms. The Morgan fingerprint density at radius 1 is 1.33 bits per heavy atom. The third-order valence-electron chi connectivity index (χ3n) is 2.88. The number of anilines is 2. The molecule has 0 saturated carbocycles. The van der Waals surface area contributed by atoms with Crippen LogP contribution in [0.3, 0.4) is 0 Å². The number of amides is 1. The zero-order valence-corrected chi connectivity index (χ0v) is 15.0. The van der Waals surface area contributed by atoms with Crippen LogP contribution in [0.2, 0.25) is 0 Å². The molecular weight excluding hydrogens is 405 g/mol. The van der Waals surface area contributed by atoms with Gasteiger partial charge in [-0.1, -0.05) is 0 Å². The number of halogens is 1. The van der Waals surface area contributed by atoms with Gasteiger partial charge in [0.15, 0.2) is 17.3 Å². The number of hydrogen-bond donors (Lipinski definition) is 6. The molecule has 1 amide bonds.